The molecule has 0 fully saturated rings. The monoisotopic (exact) mass is 520 g/mol. The van der Waals surface area contributed by atoms with Gasteiger partial charge in [-0.05, 0) is 62.7 Å². The van der Waals surface area contributed by atoms with E-state index in [4.69, 9.17) is 9.26 Å². The number of carbonyl (C=O) groups excluding carboxylic acids is 1. The van der Waals surface area contributed by atoms with E-state index in [0.29, 0.717) is 5.56 Å². The smallest absolute Gasteiger partial charge is 0.415 e. The van der Waals surface area contributed by atoms with Gasteiger partial charge in [-0.2, -0.15) is 0 Å². The van der Waals surface area contributed by atoms with Gasteiger partial charge in [-0.1, -0.05) is 32.9 Å². The van der Waals surface area contributed by atoms with Gasteiger partial charge in [-0.25, -0.2) is 18.4 Å². The molecule has 0 bridgehead atoms. The Labute approximate surface area is 211 Å². The van der Waals surface area contributed by atoms with Crippen LogP contribution in [0.1, 0.15) is 63.5 Å². The number of hydrogen-bond donors (Lipinski definition) is 1. The largest absolute Gasteiger partial charge is 0.478 e. The van der Waals surface area contributed by atoms with Crippen molar-refractivity contribution in [2.45, 2.75) is 71.3 Å². The molecule has 0 saturated carbocycles. The minimum Gasteiger partial charge on any atom is -0.478 e. The molecular weight excluding hydrogens is 486 g/mol. The Morgan fingerprint density at radius 1 is 1.00 bits per heavy atom. The maximum absolute atomic E-state index is 14.8. The molecule has 0 spiro atoms. The average Bonchev–Trinajstić information content (AvgIpc) is 2.70. The molecule has 1 N–H and O–H groups in total. The fourth-order valence-corrected chi connectivity index (χ4v) is 4.65. The van der Waals surface area contributed by atoms with Crippen LogP contribution in [0.25, 0.3) is 0 Å². The highest BCUT2D eigenvalue weighted by atomic mass is 28.4. The van der Waals surface area contributed by atoms with E-state index in [1.165, 1.54) is 34.2 Å². The van der Waals surface area contributed by atoms with Crippen molar-refractivity contribution in [3.63, 3.8) is 0 Å². The Morgan fingerprint density at radius 2 is 1.58 bits per heavy atom. The normalized spacial score (nSPS) is 16.6. The molecule has 0 aliphatic carbocycles. The van der Waals surface area contributed by atoms with E-state index in [1.54, 1.807) is 20.8 Å². The Kier molecular flexibility index (Phi) is 7.26. The van der Waals surface area contributed by atoms with Gasteiger partial charge in [-0.15, -0.1) is 0 Å². The molecule has 196 valence electrons. The van der Waals surface area contributed by atoms with Crippen molar-refractivity contribution >= 4 is 31.8 Å². The van der Waals surface area contributed by atoms with Crippen LogP contribution in [0.4, 0.5) is 25.0 Å². The second-order valence-electron chi connectivity index (χ2n) is 11.5. The van der Waals surface area contributed by atoms with Crippen molar-refractivity contribution in [2.24, 2.45) is 0 Å². The minimum atomic E-state index is -2.51. The summed E-state index contributed by atoms with van der Waals surface area (Å²) in [6.45, 7) is 15.2. The van der Waals surface area contributed by atoms with E-state index >= 15 is 0 Å². The Hall–Kier alpha value is -2.98. The maximum atomic E-state index is 14.8. The third-order valence-corrected chi connectivity index (χ3v) is 10.7. The van der Waals surface area contributed by atoms with Crippen LogP contribution >= 0.6 is 0 Å². The van der Waals surface area contributed by atoms with Crippen LogP contribution in [0.5, 0.6) is 0 Å². The quantitative estimate of drug-likeness (QED) is 0.442. The molecular formula is C26H34F2N2O5Si. The highest BCUT2D eigenvalue weighted by molar-refractivity contribution is 6.74. The number of anilines is 2. The SMILES string of the molecule is CC(C)(C)OC(=O)N1c2cc(F)cc(C(=O)O)c2N(O[Si](C)(C)C(C)(C)C)CC1c1ccc(F)cc1. The first-order valence-corrected chi connectivity index (χ1v) is 14.6. The standard InChI is InChI=1S/C26H34F2N2O5Si/c1-25(2,3)34-24(33)30-20-14-18(28)13-19(23(31)32)22(20)29(35-36(7,8)26(4,5)6)15-21(30)16-9-11-17(27)12-10-16/h9-14,21H,15H2,1-8H3,(H,31,32). The summed E-state index contributed by atoms with van der Waals surface area (Å²) in [5, 5.41) is 11.2. The fourth-order valence-electron chi connectivity index (χ4n) is 3.66. The Balaban J connectivity index is 2.29. The lowest BCUT2D eigenvalue weighted by molar-refractivity contribution is 0.0555. The van der Waals surface area contributed by atoms with Gasteiger partial charge >= 0.3 is 12.1 Å². The van der Waals surface area contributed by atoms with Gasteiger partial charge in [0.15, 0.2) is 0 Å². The van der Waals surface area contributed by atoms with Crippen LogP contribution in [-0.4, -0.2) is 37.6 Å². The molecule has 1 aliphatic rings. The summed E-state index contributed by atoms with van der Waals surface area (Å²) in [7, 11) is -2.51. The predicted octanol–water partition coefficient (Wildman–Crippen LogP) is 6.90. The van der Waals surface area contributed by atoms with Gasteiger partial charge in [0.2, 0.25) is 8.32 Å². The molecule has 3 rings (SSSR count). The highest BCUT2D eigenvalue weighted by Gasteiger charge is 2.46. The summed E-state index contributed by atoms with van der Waals surface area (Å²) in [6.07, 6.45) is -0.785. The first-order chi connectivity index (χ1) is 16.4. The number of hydrogen-bond acceptors (Lipinski definition) is 5. The van der Waals surface area contributed by atoms with Gasteiger partial charge in [0.25, 0.3) is 0 Å². The zero-order valence-electron chi connectivity index (χ0n) is 22.0. The lowest BCUT2D eigenvalue weighted by Crippen LogP contribution is -2.53. The van der Waals surface area contributed by atoms with Gasteiger partial charge in [0.05, 0.1) is 23.8 Å². The van der Waals surface area contributed by atoms with E-state index in [0.717, 1.165) is 12.1 Å². The molecule has 0 aromatic heterocycles. The van der Waals surface area contributed by atoms with E-state index in [1.807, 2.05) is 33.9 Å². The van der Waals surface area contributed by atoms with Crippen LogP contribution in [0.2, 0.25) is 18.1 Å². The first kappa shape index (κ1) is 27.6. The second-order valence-corrected chi connectivity index (χ2v) is 16.2. The van der Waals surface area contributed by atoms with Gasteiger partial charge in [-0.3, -0.25) is 9.96 Å². The molecule has 0 radical (unpaired) electrons. The number of ether oxygens (including phenoxy) is 1. The third-order valence-electron chi connectivity index (χ3n) is 6.43. The van der Waals surface area contributed by atoms with Crippen LogP contribution in [0.15, 0.2) is 36.4 Å². The molecule has 1 unspecified atom stereocenters. The van der Waals surface area contributed by atoms with Crippen LogP contribution in [0.3, 0.4) is 0 Å². The molecule has 36 heavy (non-hydrogen) atoms. The minimum absolute atomic E-state index is 0.000865. The number of nitrogens with zero attached hydrogens (tertiary/aromatic N) is 2. The number of carboxylic acid groups (broad SMARTS) is 1. The van der Waals surface area contributed by atoms with Crippen LogP contribution < -0.4 is 9.96 Å². The fraction of sp³-hybridized carbons (Fsp3) is 0.462. The molecule has 2 aromatic carbocycles. The molecule has 0 saturated heterocycles. The van der Waals surface area contributed by atoms with Crippen LogP contribution in [0, 0.1) is 11.6 Å². The summed E-state index contributed by atoms with van der Waals surface area (Å²) < 4.78 is 40.7. The van der Waals surface area contributed by atoms with E-state index in [2.05, 4.69) is 0 Å². The number of hydroxylamine groups is 1. The number of amides is 1. The lowest BCUT2D eigenvalue weighted by Gasteiger charge is -2.47. The molecule has 1 amide bonds. The summed E-state index contributed by atoms with van der Waals surface area (Å²) >= 11 is 0. The van der Waals surface area contributed by atoms with Crippen molar-refractivity contribution in [3.05, 3.63) is 59.2 Å². The van der Waals surface area contributed by atoms with E-state index < -0.39 is 43.7 Å². The second kappa shape index (κ2) is 9.47. The van der Waals surface area contributed by atoms with Crippen LogP contribution in [-0.2, 0) is 9.26 Å². The Morgan fingerprint density at radius 3 is 2.08 bits per heavy atom. The first-order valence-electron chi connectivity index (χ1n) is 11.7. The molecule has 7 nitrogen and oxygen atoms in total. The number of benzene rings is 2. The molecule has 1 heterocycles. The number of aromatic carboxylic acids is 1. The summed E-state index contributed by atoms with van der Waals surface area (Å²) in [5.74, 6) is -2.64. The van der Waals surface area contributed by atoms with Crippen molar-refractivity contribution in [1.29, 1.82) is 0 Å². The van der Waals surface area contributed by atoms with Crippen molar-refractivity contribution in [1.82, 2.24) is 0 Å². The molecule has 1 atom stereocenters. The van der Waals surface area contributed by atoms with E-state index in [9.17, 15) is 23.5 Å². The molecule has 10 heteroatoms. The third kappa shape index (κ3) is 5.70. The summed E-state index contributed by atoms with van der Waals surface area (Å²) in [5.41, 5.74) is -0.589. The summed E-state index contributed by atoms with van der Waals surface area (Å²) in [6, 6.07) is 6.84. The number of fused-ring (bicyclic) bond motifs is 1. The van der Waals surface area contributed by atoms with Gasteiger partial charge < -0.3 is 14.4 Å². The van der Waals surface area contributed by atoms with Gasteiger partial charge in [0.1, 0.15) is 22.9 Å². The number of carbonyl (C=O) groups is 2. The van der Waals surface area contributed by atoms with E-state index in [-0.39, 0.29) is 28.5 Å². The Bertz CT molecular complexity index is 1160. The predicted molar refractivity (Wildman–Crippen MR) is 137 cm³/mol. The number of carboxylic acids is 1. The maximum Gasteiger partial charge on any atom is 0.415 e. The molecule has 2 aromatic rings. The van der Waals surface area contributed by atoms with Crippen molar-refractivity contribution < 1.29 is 32.7 Å². The van der Waals surface area contributed by atoms with Crippen molar-refractivity contribution in [3.8, 4) is 0 Å². The zero-order chi connectivity index (χ0) is 27.2. The average molecular weight is 521 g/mol. The highest BCUT2D eigenvalue weighted by Crippen LogP contribution is 2.47. The van der Waals surface area contributed by atoms with Crippen molar-refractivity contribution in [2.75, 3.05) is 16.5 Å². The summed E-state index contributed by atoms with van der Waals surface area (Å²) in [4.78, 5) is 26.9. The van der Waals surface area contributed by atoms with Gasteiger partial charge in [0, 0.05) is 6.07 Å². The number of halogens is 2. The lowest BCUT2D eigenvalue weighted by atomic mass is 9.99. The molecule has 1 aliphatic heterocycles. The zero-order valence-corrected chi connectivity index (χ0v) is 23.0. The topological polar surface area (TPSA) is 79.3 Å². The number of rotatable bonds is 4.